The zero-order valence-electron chi connectivity index (χ0n) is 18.7. The molecule has 3 rings (SSSR count). The van der Waals surface area contributed by atoms with E-state index in [0.29, 0.717) is 33.8 Å². The van der Waals surface area contributed by atoms with Gasteiger partial charge in [0.15, 0.2) is 22.0 Å². The predicted molar refractivity (Wildman–Crippen MR) is 135 cm³/mol. The fraction of sp³-hybridized carbons (Fsp3) is 0.333. The number of hydrogen-bond acceptors (Lipinski definition) is 6. The van der Waals surface area contributed by atoms with Gasteiger partial charge in [0.2, 0.25) is 5.75 Å². The van der Waals surface area contributed by atoms with Gasteiger partial charge in [-0.2, -0.15) is 0 Å². The molecule has 1 aliphatic rings. The van der Waals surface area contributed by atoms with Crippen LogP contribution in [0.3, 0.4) is 0 Å². The quantitative estimate of drug-likeness (QED) is 0.355. The third kappa shape index (κ3) is 4.71. The van der Waals surface area contributed by atoms with Crippen molar-refractivity contribution in [3.8, 4) is 28.4 Å². The van der Waals surface area contributed by atoms with Crippen molar-refractivity contribution in [1.29, 1.82) is 0 Å². The normalized spacial score (nSPS) is 14.3. The Morgan fingerprint density at radius 1 is 1.22 bits per heavy atom. The molecule has 2 N–H and O–H groups in total. The summed E-state index contributed by atoms with van der Waals surface area (Å²) in [6, 6.07) is 7.37. The molecule has 170 valence electrons. The molecule has 2 aromatic rings. The molecule has 0 heterocycles. The molecule has 0 spiro atoms. The van der Waals surface area contributed by atoms with Crippen molar-refractivity contribution in [2.24, 2.45) is 0 Å². The Morgan fingerprint density at radius 2 is 1.97 bits per heavy atom. The molecule has 8 heteroatoms. The minimum Gasteiger partial charge on any atom is -0.493 e. The Labute approximate surface area is 198 Å². The summed E-state index contributed by atoms with van der Waals surface area (Å²) in [5, 5.41) is 7.00. The van der Waals surface area contributed by atoms with Gasteiger partial charge in [0.1, 0.15) is 0 Å². The third-order valence-electron chi connectivity index (χ3n) is 5.43. The highest BCUT2D eigenvalue weighted by Gasteiger charge is 2.29. The molecule has 1 atom stereocenters. The average Bonchev–Trinajstić information content (AvgIpc) is 3.04. The summed E-state index contributed by atoms with van der Waals surface area (Å²) in [6.07, 6.45) is 5.10. The van der Waals surface area contributed by atoms with Crippen LogP contribution in [0.1, 0.15) is 23.6 Å². The second-order valence-corrected chi connectivity index (χ2v) is 8.45. The van der Waals surface area contributed by atoms with Crippen molar-refractivity contribution in [2.45, 2.75) is 23.8 Å². The smallest absolute Gasteiger partial charge is 0.203 e. The number of benzene rings is 1. The van der Waals surface area contributed by atoms with Crippen LogP contribution in [0.2, 0.25) is 0 Å². The molecule has 0 saturated heterocycles. The summed E-state index contributed by atoms with van der Waals surface area (Å²) < 4.78 is 17.0. The van der Waals surface area contributed by atoms with Gasteiger partial charge >= 0.3 is 0 Å². The molecule has 0 unspecified atom stereocenters. The maximum Gasteiger partial charge on any atom is 0.203 e. The molecule has 0 aliphatic heterocycles. The molecule has 2 aromatic carbocycles. The van der Waals surface area contributed by atoms with Crippen LogP contribution in [-0.4, -0.2) is 39.2 Å². The van der Waals surface area contributed by atoms with E-state index in [1.54, 1.807) is 33.5 Å². The highest BCUT2D eigenvalue weighted by molar-refractivity contribution is 7.98. The molecular formula is C24H28N2O4S2. The van der Waals surface area contributed by atoms with Crippen LogP contribution in [0.5, 0.6) is 17.2 Å². The van der Waals surface area contributed by atoms with Crippen molar-refractivity contribution < 1.29 is 14.2 Å². The van der Waals surface area contributed by atoms with Gasteiger partial charge in [-0.05, 0) is 66.2 Å². The summed E-state index contributed by atoms with van der Waals surface area (Å²) in [5.74, 6) is 1.71. The van der Waals surface area contributed by atoms with Gasteiger partial charge in [-0.3, -0.25) is 4.79 Å². The highest BCUT2D eigenvalue weighted by atomic mass is 32.2. The Hall–Kier alpha value is -2.71. The largest absolute Gasteiger partial charge is 0.493 e. The standard InChI is InChI=1S/C24H28N2O4S2/c1-6-11-25-24(31)26-17-9-7-14-12-19(28-2)22(29-3)23(30-4)21(14)15-8-10-20(32-5)18(27)13-16(15)17/h6,8,10,12-13,17H,1,7,9,11H2,2-5H3,(H2,25,26,31)/t17-/m0/s1. The maximum atomic E-state index is 12.9. The molecule has 32 heavy (non-hydrogen) atoms. The van der Waals surface area contributed by atoms with Gasteiger partial charge in [0.25, 0.3) is 0 Å². The first-order chi connectivity index (χ1) is 15.5. The number of thioether (sulfide) groups is 1. The Bertz CT molecular complexity index is 1090. The first-order valence-electron chi connectivity index (χ1n) is 10.2. The van der Waals surface area contributed by atoms with E-state index in [2.05, 4.69) is 17.2 Å². The van der Waals surface area contributed by atoms with Crippen LogP contribution in [0.25, 0.3) is 11.1 Å². The van der Waals surface area contributed by atoms with E-state index in [0.717, 1.165) is 35.1 Å². The number of nitrogens with one attached hydrogen (secondary N) is 2. The number of aryl methyl sites for hydroxylation is 1. The van der Waals surface area contributed by atoms with Gasteiger partial charge in [0, 0.05) is 12.1 Å². The monoisotopic (exact) mass is 472 g/mol. The van der Waals surface area contributed by atoms with Crippen molar-refractivity contribution in [3.05, 3.63) is 58.3 Å². The van der Waals surface area contributed by atoms with Crippen LogP contribution in [0, 0.1) is 0 Å². The highest BCUT2D eigenvalue weighted by Crippen LogP contribution is 2.50. The number of hydrogen-bond donors (Lipinski definition) is 2. The number of methoxy groups -OCH3 is 3. The Morgan fingerprint density at radius 3 is 2.59 bits per heavy atom. The summed E-state index contributed by atoms with van der Waals surface area (Å²) >= 11 is 6.90. The molecule has 1 aliphatic carbocycles. The lowest BCUT2D eigenvalue weighted by Crippen LogP contribution is -2.38. The number of fused-ring (bicyclic) bond motifs is 3. The molecule has 0 bridgehead atoms. The summed E-state index contributed by atoms with van der Waals surface area (Å²) in [7, 11) is 4.81. The van der Waals surface area contributed by atoms with E-state index in [1.807, 2.05) is 24.5 Å². The van der Waals surface area contributed by atoms with E-state index in [-0.39, 0.29) is 11.5 Å². The summed E-state index contributed by atoms with van der Waals surface area (Å²) in [4.78, 5) is 13.6. The first-order valence-corrected chi connectivity index (χ1v) is 11.8. The summed E-state index contributed by atoms with van der Waals surface area (Å²) in [6.45, 7) is 4.27. The van der Waals surface area contributed by atoms with Gasteiger partial charge in [-0.25, -0.2) is 0 Å². The van der Waals surface area contributed by atoms with E-state index in [1.165, 1.54) is 11.8 Å². The van der Waals surface area contributed by atoms with Crippen LogP contribution in [-0.2, 0) is 6.42 Å². The fourth-order valence-corrected chi connectivity index (χ4v) is 4.68. The minimum absolute atomic E-state index is 0.0292. The third-order valence-corrected chi connectivity index (χ3v) is 6.47. The van der Waals surface area contributed by atoms with Crippen molar-refractivity contribution in [3.63, 3.8) is 0 Å². The van der Waals surface area contributed by atoms with Gasteiger partial charge in [0.05, 0.1) is 32.3 Å². The lowest BCUT2D eigenvalue weighted by atomic mass is 9.95. The van der Waals surface area contributed by atoms with Gasteiger partial charge < -0.3 is 24.8 Å². The van der Waals surface area contributed by atoms with Gasteiger partial charge in [-0.1, -0.05) is 12.1 Å². The maximum absolute atomic E-state index is 12.9. The molecule has 0 radical (unpaired) electrons. The molecule has 6 nitrogen and oxygen atoms in total. The second kappa shape index (κ2) is 10.7. The topological polar surface area (TPSA) is 68.8 Å². The minimum atomic E-state index is -0.168. The van der Waals surface area contributed by atoms with E-state index >= 15 is 0 Å². The average molecular weight is 473 g/mol. The fourth-order valence-electron chi connectivity index (χ4n) is 3.99. The molecule has 0 fully saturated rings. The first kappa shape index (κ1) is 23.9. The van der Waals surface area contributed by atoms with E-state index < -0.39 is 0 Å². The van der Waals surface area contributed by atoms with E-state index in [4.69, 9.17) is 26.4 Å². The number of rotatable bonds is 7. The molecule has 0 aromatic heterocycles. The van der Waals surface area contributed by atoms with Crippen LogP contribution in [0.15, 0.2) is 46.6 Å². The van der Waals surface area contributed by atoms with E-state index in [9.17, 15) is 4.79 Å². The SMILES string of the molecule is C=CCNC(=S)N[C@H]1CCc2cc(OC)c(OC)c(OC)c2-c2ccc(SC)c(=O)cc21. The Balaban J connectivity index is 2.29. The number of thiocarbonyl (C=S) groups is 1. The zero-order valence-corrected chi connectivity index (χ0v) is 20.4. The van der Waals surface area contributed by atoms with Crippen molar-refractivity contribution in [1.82, 2.24) is 10.6 Å². The van der Waals surface area contributed by atoms with Crippen molar-refractivity contribution in [2.75, 3.05) is 34.1 Å². The molecule has 0 saturated carbocycles. The number of ether oxygens (including phenoxy) is 3. The lowest BCUT2D eigenvalue weighted by molar-refractivity contribution is 0.324. The van der Waals surface area contributed by atoms with Crippen molar-refractivity contribution >= 4 is 29.1 Å². The predicted octanol–water partition coefficient (Wildman–Crippen LogP) is 4.10. The zero-order chi connectivity index (χ0) is 23.3. The molecular weight excluding hydrogens is 444 g/mol. The van der Waals surface area contributed by atoms with Crippen LogP contribution >= 0.6 is 24.0 Å². The van der Waals surface area contributed by atoms with Crippen LogP contribution < -0.4 is 30.3 Å². The summed E-state index contributed by atoms with van der Waals surface area (Å²) in [5.41, 5.74) is 3.69. The molecule has 0 amide bonds. The lowest BCUT2D eigenvalue weighted by Gasteiger charge is -2.21. The Kier molecular flexibility index (Phi) is 8.04. The van der Waals surface area contributed by atoms with Crippen LogP contribution in [0.4, 0.5) is 0 Å². The second-order valence-electron chi connectivity index (χ2n) is 7.19. The van der Waals surface area contributed by atoms with Gasteiger partial charge in [-0.15, -0.1) is 18.3 Å².